The minimum atomic E-state index is -0.469. The van der Waals surface area contributed by atoms with Gasteiger partial charge in [0.2, 0.25) is 0 Å². The summed E-state index contributed by atoms with van der Waals surface area (Å²) in [5, 5.41) is 3.67. The van der Waals surface area contributed by atoms with E-state index in [9.17, 15) is 4.39 Å². The number of furan rings is 2. The molecule has 3 heterocycles. The lowest BCUT2D eigenvalue weighted by Crippen LogP contribution is -2.33. The van der Waals surface area contributed by atoms with Crippen LogP contribution in [0, 0.1) is 5.82 Å². The van der Waals surface area contributed by atoms with Crippen molar-refractivity contribution in [2.24, 2.45) is 4.99 Å². The van der Waals surface area contributed by atoms with E-state index in [-0.39, 0.29) is 5.69 Å². The van der Waals surface area contributed by atoms with Gasteiger partial charge in [0.1, 0.15) is 17.3 Å². The molecule has 1 fully saturated rings. The highest BCUT2D eigenvalue weighted by molar-refractivity contribution is 6.30. The minimum absolute atomic E-state index is 0.229. The van der Waals surface area contributed by atoms with Crippen LogP contribution in [0.25, 0.3) is 12.2 Å². The molecule has 0 spiro atoms. The van der Waals surface area contributed by atoms with Crippen molar-refractivity contribution in [1.82, 2.24) is 5.32 Å². The SMILES string of the molecule is Fc1cc(Cl)ccc1N=C1/C(=C/c2ccco2)CNC/C1=C\c1ccco1. The third kappa shape index (κ3) is 4.10. The second-order valence-electron chi connectivity index (χ2n) is 6.03. The molecule has 136 valence electrons. The van der Waals surface area contributed by atoms with E-state index >= 15 is 0 Å². The molecule has 0 aliphatic carbocycles. The van der Waals surface area contributed by atoms with Crippen molar-refractivity contribution >= 4 is 35.2 Å². The number of rotatable bonds is 3. The molecule has 4 nitrogen and oxygen atoms in total. The Kier molecular flexibility index (Phi) is 5.05. The van der Waals surface area contributed by atoms with Gasteiger partial charge in [0.15, 0.2) is 0 Å². The topological polar surface area (TPSA) is 50.7 Å². The van der Waals surface area contributed by atoms with Crippen LogP contribution in [0.5, 0.6) is 0 Å². The van der Waals surface area contributed by atoms with Gasteiger partial charge in [-0.3, -0.25) is 0 Å². The van der Waals surface area contributed by atoms with Crippen molar-refractivity contribution in [2.45, 2.75) is 0 Å². The van der Waals surface area contributed by atoms with E-state index in [0.717, 1.165) is 11.1 Å². The largest absolute Gasteiger partial charge is 0.465 e. The van der Waals surface area contributed by atoms with Crippen LogP contribution in [-0.4, -0.2) is 18.8 Å². The van der Waals surface area contributed by atoms with Crippen molar-refractivity contribution in [2.75, 3.05) is 13.1 Å². The highest BCUT2D eigenvalue weighted by Gasteiger charge is 2.20. The number of hydrogen-bond donors (Lipinski definition) is 1. The molecule has 0 saturated carbocycles. The van der Waals surface area contributed by atoms with Crippen LogP contribution < -0.4 is 5.32 Å². The first-order valence-electron chi connectivity index (χ1n) is 8.42. The maximum atomic E-state index is 14.3. The molecule has 1 saturated heterocycles. The molecule has 0 atom stereocenters. The molecule has 0 amide bonds. The van der Waals surface area contributed by atoms with Crippen molar-refractivity contribution < 1.29 is 13.2 Å². The zero-order valence-corrected chi connectivity index (χ0v) is 15.0. The second kappa shape index (κ2) is 7.78. The van der Waals surface area contributed by atoms with Gasteiger partial charge >= 0.3 is 0 Å². The van der Waals surface area contributed by atoms with Gasteiger partial charge in [0.25, 0.3) is 0 Å². The normalized spacial score (nSPS) is 17.6. The summed E-state index contributed by atoms with van der Waals surface area (Å²) in [5.74, 6) is 0.939. The number of nitrogens with one attached hydrogen (secondary N) is 1. The van der Waals surface area contributed by atoms with E-state index in [1.165, 1.54) is 6.07 Å². The predicted octanol–water partition coefficient (Wildman–Crippen LogP) is 5.51. The van der Waals surface area contributed by atoms with E-state index < -0.39 is 5.82 Å². The molecule has 0 unspecified atom stereocenters. The number of halogens is 2. The summed E-state index contributed by atoms with van der Waals surface area (Å²) < 4.78 is 25.2. The summed E-state index contributed by atoms with van der Waals surface area (Å²) in [6.07, 6.45) is 7.01. The fraction of sp³-hybridized carbons (Fsp3) is 0.0952. The van der Waals surface area contributed by atoms with Crippen molar-refractivity contribution in [3.63, 3.8) is 0 Å². The first kappa shape index (κ1) is 17.5. The molecule has 27 heavy (non-hydrogen) atoms. The Labute approximate surface area is 160 Å². The van der Waals surface area contributed by atoms with Crippen LogP contribution in [0.15, 0.2) is 80.0 Å². The van der Waals surface area contributed by atoms with Gasteiger partial charge in [-0.15, -0.1) is 0 Å². The summed E-state index contributed by atoms with van der Waals surface area (Å²) in [5.41, 5.74) is 2.70. The van der Waals surface area contributed by atoms with E-state index in [4.69, 9.17) is 20.4 Å². The summed E-state index contributed by atoms with van der Waals surface area (Å²) in [6.45, 7) is 1.18. The number of nitrogens with zero attached hydrogens (tertiary/aromatic N) is 1. The van der Waals surface area contributed by atoms with Gasteiger partial charge in [-0.25, -0.2) is 9.38 Å². The first-order chi connectivity index (χ1) is 13.2. The molecule has 1 aliphatic rings. The molecule has 0 bridgehead atoms. The Morgan fingerprint density at radius 1 is 0.963 bits per heavy atom. The Bertz CT molecular complexity index is 964. The van der Waals surface area contributed by atoms with Crippen LogP contribution in [0.2, 0.25) is 5.02 Å². The molecule has 0 radical (unpaired) electrons. The smallest absolute Gasteiger partial charge is 0.150 e. The number of benzene rings is 1. The molecule has 6 heteroatoms. The molecule has 1 N–H and O–H groups in total. The third-order valence-corrected chi connectivity index (χ3v) is 4.34. The zero-order chi connectivity index (χ0) is 18.6. The number of piperidine rings is 1. The molecule has 1 aliphatic heterocycles. The molecular weight excluding hydrogens is 367 g/mol. The fourth-order valence-corrected chi connectivity index (χ4v) is 3.03. The quantitative estimate of drug-likeness (QED) is 0.650. The molecule has 1 aromatic carbocycles. The summed E-state index contributed by atoms with van der Waals surface area (Å²) in [4.78, 5) is 4.61. The van der Waals surface area contributed by atoms with Gasteiger partial charge < -0.3 is 14.2 Å². The highest BCUT2D eigenvalue weighted by atomic mass is 35.5. The van der Waals surface area contributed by atoms with Crippen molar-refractivity contribution in [3.05, 3.63) is 88.5 Å². The lowest BCUT2D eigenvalue weighted by Gasteiger charge is -2.21. The van der Waals surface area contributed by atoms with Crippen LogP contribution in [-0.2, 0) is 0 Å². The maximum Gasteiger partial charge on any atom is 0.150 e. The lowest BCUT2D eigenvalue weighted by atomic mass is 9.96. The van der Waals surface area contributed by atoms with Gasteiger partial charge in [0.05, 0.1) is 23.9 Å². The van der Waals surface area contributed by atoms with Gasteiger partial charge in [-0.2, -0.15) is 0 Å². The van der Waals surface area contributed by atoms with Gasteiger partial charge in [0, 0.05) is 18.1 Å². The van der Waals surface area contributed by atoms with Gasteiger partial charge in [-0.1, -0.05) is 11.6 Å². The van der Waals surface area contributed by atoms with E-state index in [2.05, 4.69) is 10.3 Å². The maximum absolute atomic E-state index is 14.3. The molecule has 2 aromatic heterocycles. The average molecular weight is 383 g/mol. The Morgan fingerprint density at radius 3 is 2.11 bits per heavy atom. The second-order valence-corrected chi connectivity index (χ2v) is 6.47. The number of hydrogen-bond acceptors (Lipinski definition) is 4. The van der Waals surface area contributed by atoms with Crippen LogP contribution in [0.3, 0.4) is 0 Å². The highest BCUT2D eigenvalue weighted by Crippen LogP contribution is 2.26. The average Bonchev–Trinajstić information content (AvgIpc) is 3.33. The van der Waals surface area contributed by atoms with E-state index in [1.54, 1.807) is 24.7 Å². The fourth-order valence-electron chi connectivity index (χ4n) is 2.87. The standard InChI is InChI=1S/C21H16ClFN2O2/c22-16-5-6-20(19(23)11-16)25-21-14(9-17-3-1-7-26-17)12-24-13-15(21)10-18-4-2-8-27-18/h1-11,24H,12-13H2/b14-9+,15-10+. The zero-order valence-electron chi connectivity index (χ0n) is 14.3. The first-order valence-corrected chi connectivity index (χ1v) is 8.80. The lowest BCUT2D eigenvalue weighted by molar-refractivity contribution is 0.556. The Hall–Kier alpha value is -2.89. The van der Waals surface area contributed by atoms with E-state index in [0.29, 0.717) is 35.3 Å². The number of aliphatic imine (C=N–C) groups is 1. The van der Waals surface area contributed by atoms with Crippen molar-refractivity contribution in [1.29, 1.82) is 0 Å². The van der Waals surface area contributed by atoms with Crippen LogP contribution >= 0.6 is 11.6 Å². The summed E-state index contributed by atoms with van der Waals surface area (Å²) in [7, 11) is 0. The van der Waals surface area contributed by atoms with E-state index in [1.807, 2.05) is 36.4 Å². The molecule has 4 rings (SSSR count). The Morgan fingerprint density at radius 2 is 1.59 bits per heavy atom. The Balaban J connectivity index is 1.83. The van der Waals surface area contributed by atoms with Crippen molar-refractivity contribution in [3.8, 4) is 0 Å². The monoisotopic (exact) mass is 382 g/mol. The summed E-state index contributed by atoms with van der Waals surface area (Å²) >= 11 is 5.86. The van der Waals surface area contributed by atoms with Gasteiger partial charge in [-0.05, 0) is 65.8 Å². The predicted molar refractivity (Wildman–Crippen MR) is 105 cm³/mol. The molecular formula is C21H16ClFN2O2. The van der Waals surface area contributed by atoms with Crippen LogP contribution in [0.1, 0.15) is 11.5 Å². The molecule has 3 aromatic rings. The van der Waals surface area contributed by atoms with Crippen LogP contribution in [0.4, 0.5) is 10.1 Å². The minimum Gasteiger partial charge on any atom is -0.465 e. The summed E-state index contributed by atoms with van der Waals surface area (Å²) in [6, 6.07) is 11.8. The third-order valence-electron chi connectivity index (χ3n) is 4.10.